The molecule has 0 aromatic heterocycles. The highest BCUT2D eigenvalue weighted by molar-refractivity contribution is 5.91. The second-order valence-electron chi connectivity index (χ2n) is 4.02. The molecule has 15 heavy (non-hydrogen) atoms. The van der Waals surface area contributed by atoms with Crippen molar-refractivity contribution in [3.63, 3.8) is 0 Å². The largest absolute Gasteiger partial charge is 0.336 e. The third-order valence-electron chi connectivity index (χ3n) is 2.14. The SMILES string of the molecule is Cc1cccc(C)c1NC(=O)NC(C)C. The van der Waals surface area contributed by atoms with Gasteiger partial charge in [0.25, 0.3) is 0 Å². The normalized spacial score (nSPS) is 10.2. The summed E-state index contributed by atoms with van der Waals surface area (Å²) < 4.78 is 0. The molecule has 0 atom stereocenters. The van der Waals surface area contributed by atoms with E-state index in [1.165, 1.54) is 0 Å². The number of amides is 2. The van der Waals surface area contributed by atoms with E-state index >= 15 is 0 Å². The van der Waals surface area contributed by atoms with Crippen molar-refractivity contribution in [1.82, 2.24) is 5.32 Å². The van der Waals surface area contributed by atoms with Gasteiger partial charge in [0.2, 0.25) is 0 Å². The van der Waals surface area contributed by atoms with E-state index in [9.17, 15) is 4.79 Å². The van der Waals surface area contributed by atoms with Gasteiger partial charge in [0, 0.05) is 11.7 Å². The van der Waals surface area contributed by atoms with Crippen LogP contribution in [0.5, 0.6) is 0 Å². The van der Waals surface area contributed by atoms with E-state index < -0.39 is 0 Å². The summed E-state index contributed by atoms with van der Waals surface area (Å²) in [5.74, 6) is 0. The van der Waals surface area contributed by atoms with E-state index in [0.29, 0.717) is 0 Å². The second-order valence-corrected chi connectivity index (χ2v) is 4.02. The van der Waals surface area contributed by atoms with Crippen LogP contribution in [0.4, 0.5) is 10.5 Å². The molecule has 0 unspecified atom stereocenters. The standard InChI is InChI=1S/C12H18N2O/c1-8(2)13-12(15)14-11-9(3)6-5-7-10(11)4/h5-8H,1-4H3,(H2,13,14,15). The van der Waals surface area contributed by atoms with Gasteiger partial charge in [0.05, 0.1) is 0 Å². The molecule has 0 aliphatic rings. The third kappa shape index (κ3) is 3.27. The smallest absolute Gasteiger partial charge is 0.319 e. The number of anilines is 1. The minimum absolute atomic E-state index is 0.148. The number of aryl methyl sites for hydroxylation is 2. The van der Waals surface area contributed by atoms with Gasteiger partial charge in [-0.15, -0.1) is 0 Å². The number of para-hydroxylation sites is 1. The topological polar surface area (TPSA) is 41.1 Å². The first-order valence-electron chi connectivity index (χ1n) is 5.14. The summed E-state index contributed by atoms with van der Waals surface area (Å²) in [6.07, 6.45) is 0. The van der Waals surface area contributed by atoms with Crippen LogP contribution in [0, 0.1) is 13.8 Å². The predicted octanol–water partition coefficient (Wildman–Crippen LogP) is 2.83. The van der Waals surface area contributed by atoms with E-state index in [1.807, 2.05) is 45.9 Å². The number of hydrogen-bond acceptors (Lipinski definition) is 1. The lowest BCUT2D eigenvalue weighted by molar-refractivity contribution is 0.250. The van der Waals surface area contributed by atoms with E-state index in [1.54, 1.807) is 0 Å². The maximum Gasteiger partial charge on any atom is 0.319 e. The molecule has 0 radical (unpaired) electrons. The van der Waals surface area contributed by atoms with Crippen LogP contribution >= 0.6 is 0 Å². The molecule has 3 heteroatoms. The first-order valence-corrected chi connectivity index (χ1v) is 5.14. The van der Waals surface area contributed by atoms with E-state index in [4.69, 9.17) is 0 Å². The van der Waals surface area contributed by atoms with Crippen LogP contribution in [0.2, 0.25) is 0 Å². The molecule has 0 fully saturated rings. The van der Waals surface area contributed by atoms with Crippen molar-refractivity contribution in [2.75, 3.05) is 5.32 Å². The van der Waals surface area contributed by atoms with Crippen LogP contribution in [-0.4, -0.2) is 12.1 Å². The molecule has 0 aliphatic carbocycles. The fourth-order valence-corrected chi connectivity index (χ4v) is 1.42. The lowest BCUT2D eigenvalue weighted by Crippen LogP contribution is -2.34. The summed E-state index contributed by atoms with van der Waals surface area (Å²) >= 11 is 0. The highest BCUT2D eigenvalue weighted by Gasteiger charge is 2.07. The van der Waals surface area contributed by atoms with Gasteiger partial charge >= 0.3 is 6.03 Å². The second kappa shape index (κ2) is 4.82. The van der Waals surface area contributed by atoms with Crippen molar-refractivity contribution in [1.29, 1.82) is 0 Å². The average Bonchev–Trinajstić information content (AvgIpc) is 2.10. The fraction of sp³-hybridized carbons (Fsp3) is 0.417. The highest BCUT2D eigenvalue weighted by atomic mass is 16.2. The molecule has 0 saturated carbocycles. The van der Waals surface area contributed by atoms with Crippen LogP contribution in [0.3, 0.4) is 0 Å². The van der Waals surface area contributed by atoms with Crippen LogP contribution < -0.4 is 10.6 Å². The lowest BCUT2D eigenvalue weighted by Gasteiger charge is -2.13. The molecule has 0 spiro atoms. The fourth-order valence-electron chi connectivity index (χ4n) is 1.42. The van der Waals surface area contributed by atoms with Gasteiger partial charge < -0.3 is 10.6 Å². The van der Waals surface area contributed by atoms with Gasteiger partial charge in [-0.25, -0.2) is 4.79 Å². The zero-order chi connectivity index (χ0) is 11.4. The maximum atomic E-state index is 11.5. The Bertz CT molecular complexity index is 338. The van der Waals surface area contributed by atoms with Crippen molar-refractivity contribution in [3.8, 4) is 0 Å². The number of carbonyl (C=O) groups excluding carboxylic acids is 1. The van der Waals surface area contributed by atoms with Gasteiger partial charge in [-0.1, -0.05) is 18.2 Å². The first-order chi connectivity index (χ1) is 7.00. The Morgan fingerprint density at radius 2 is 1.73 bits per heavy atom. The zero-order valence-electron chi connectivity index (χ0n) is 9.72. The number of carbonyl (C=O) groups is 1. The van der Waals surface area contributed by atoms with E-state index in [2.05, 4.69) is 10.6 Å². The molecular formula is C12H18N2O. The van der Waals surface area contributed by atoms with Crippen LogP contribution in [0.1, 0.15) is 25.0 Å². The first kappa shape index (κ1) is 11.6. The summed E-state index contributed by atoms with van der Waals surface area (Å²) in [7, 11) is 0. The van der Waals surface area contributed by atoms with Gasteiger partial charge in [-0.3, -0.25) is 0 Å². The summed E-state index contributed by atoms with van der Waals surface area (Å²) in [6, 6.07) is 5.95. The average molecular weight is 206 g/mol. The van der Waals surface area contributed by atoms with Gasteiger partial charge in [0.1, 0.15) is 0 Å². The molecule has 1 aromatic rings. The summed E-state index contributed by atoms with van der Waals surface area (Å²) in [5.41, 5.74) is 3.05. The Morgan fingerprint density at radius 1 is 1.20 bits per heavy atom. The van der Waals surface area contributed by atoms with E-state index in [0.717, 1.165) is 16.8 Å². The van der Waals surface area contributed by atoms with Crippen molar-refractivity contribution >= 4 is 11.7 Å². The molecule has 1 aromatic carbocycles. The minimum atomic E-state index is -0.151. The van der Waals surface area contributed by atoms with Crippen molar-refractivity contribution in [2.45, 2.75) is 33.7 Å². The number of urea groups is 1. The molecule has 0 heterocycles. The quantitative estimate of drug-likeness (QED) is 0.767. The maximum absolute atomic E-state index is 11.5. The molecule has 1 rings (SSSR count). The molecule has 0 saturated heterocycles. The van der Waals surface area contributed by atoms with Gasteiger partial charge in [-0.2, -0.15) is 0 Å². The Labute approximate surface area is 90.9 Å². The van der Waals surface area contributed by atoms with Crippen LogP contribution in [-0.2, 0) is 0 Å². The number of nitrogens with one attached hydrogen (secondary N) is 2. The Morgan fingerprint density at radius 3 is 2.20 bits per heavy atom. The number of benzene rings is 1. The van der Waals surface area contributed by atoms with E-state index in [-0.39, 0.29) is 12.1 Å². The number of rotatable bonds is 2. The Hall–Kier alpha value is -1.51. The highest BCUT2D eigenvalue weighted by Crippen LogP contribution is 2.18. The van der Waals surface area contributed by atoms with Crippen molar-refractivity contribution in [2.24, 2.45) is 0 Å². The van der Waals surface area contributed by atoms with Crippen molar-refractivity contribution in [3.05, 3.63) is 29.3 Å². The Balaban J connectivity index is 2.76. The van der Waals surface area contributed by atoms with Crippen molar-refractivity contribution < 1.29 is 4.79 Å². The summed E-state index contributed by atoms with van der Waals surface area (Å²) in [5, 5.41) is 5.66. The predicted molar refractivity (Wildman–Crippen MR) is 63.2 cm³/mol. The summed E-state index contributed by atoms with van der Waals surface area (Å²) in [4.78, 5) is 11.5. The Kier molecular flexibility index (Phi) is 3.72. The van der Waals surface area contributed by atoms with Crippen LogP contribution in [0.15, 0.2) is 18.2 Å². The molecule has 2 amide bonds. The third-order valence-corrected chi connectivity index (χ3v) is 2.14. The minimum Gasteiger partial charge on any atom is -0.336 e. The molecule has 82 valence electrons. The monoisotopic (exact) mass is 206 g/mol. The molecule has 3 nitrogen and oxygen atoms in total. The van der Waals surface area contributed by atoms with Crippen LogP contribution in [0.25, 0.3) is 0 Å². The summed E-state index contributed by atoms with van der Waals surface area (Å²) in [6.45, 7) is 7.84. The lowest BCUT2D eigenvalue weighted by atomic mass is 10.1. The number of hydrogen-bond donors (Lipinski definition) is 2. The molecule has 0 bridgehead atoms. The van der Waals surface area contributed by atoms with Gasteiger partial charge in [-0.05, 0) is 38.8 Å². The zero-order valence-corrected chi connectivity index (χ0v) is 9.72. The molecule has 2 N–H and O–H groups in total. The van der Waals surface area contributed by atoms with Gasteiger partial charge in [0.15, 0.2) is 0 Å². The molecule has 0 aliphatic heterocycles. The molecular weight excluding hydrogens is 188 g/mol.